The molecule has 1 aromatic carbocycles. The molecule has 1 aromatic heterocycles. The molecule has 0 fully saturated rings. The minimum absolute atomic E-state index is 0.198. The molecule has 1 heterocycles. The van der Waals surface area contributed by atoms with Gasteiger partial charge in [0.1, 0.15) is 12.6 Å². The molecule has 7 heteroatoms. The number of aryl methyl sites for hydroxylation is 1. The fourth-order valence-electron chi connectivity index (χ4n) is 1.52. The lowest BCUT2D eigenvalue weighted by molar-refractivity contribution is -0.107. The average molecular weight is 290 g/mol. The molecule has 1 N–H and O–H groups in total. The highest BCUT2D eigenvalue weighted by Gasteiger charge is 2.14. The zero-order valence-corrected chi connectivity index (χ0v) is 11.7. The van der Waals surface area contributed by atoms with Crippen molar-refractivity contribution in [3.05, 3.63) is 42.2 Å². The Bertz CT molecular complexity index is 585. The van der Waals surface area contributed by atoms with Gasteiger partial charge in [0.05, 0.1) is 5.25 Å². The third kappa shape index (κ3) is 3.67. The van der Waals surface area contributed by atoms with Crippen LogP contribution in [-0.4, -0.2) is 38.8 Å². The van der Waals surface area contributed by atoms with Gasteiger partial charge in [-0.25, -0.2) is 0 Å². The molecule has 20 heavy (non-hydrogen) atoms. The van der Waals surface area contributed by atoms with Crippen LogP contribution in [0, 0.1) is 0 Å². The highest BCUT2D eigenvalue weighted by molar-refractivity contribution is 8.00. The number of rotatable bonds is 6. The molecule has 1 atom stereocenters. The Balaban J connectivity index is 1.90. The number of nitrogens with zero attached hydrogens (tertiary/aromatic N) is 3. The van der Waals surface area contributed by atoms with E-state index in [-0.39, 0.29) is 12.5 Å². The Labute approximate surface area is 120 Å². The summed E-state index contributed by atoms with van der Waals surface area (Å²) in [7, 11) is 1.80. The first kappa shape index (κ1) is 14.3. The van der Waals surface area contributed by atoms with Crippen molar-refractivity contribution in [3.8, 4) is 0 Å². The molecule has 1 amide bonds. The van der Waals surface area contributed by atoms with E-state index in [4.69, 9.17) is 0 Å². The van der Waals surface area contributed by atoms with Crippen molar-refractivity contribution in [2.75, 3.05) is 6.54 Å². The van der Waals surface area contributed by atoms with Gasteiger partial charge in [0.25, 0.3) is 5.91 Å². The molecule has 1 unspecified atom stereocenters. The predicted molar refractivity (Wildman–Crippen MR) is 75.5 cm³/mol. The fraction of sp³-hybridized carbons (Fsp3) is 0.231. The second-order valence-electron chi connectivity index (χ2n) is 4.09. The molecule has 2 aromatic rings. The number of hydrogen-bond donors (Lipinski definition) is 1. The van der Waals surface area contributed by atoms with E-state index in [2.05, 4.69) is 15.5 Å². The normalized spacial score (nSPS) is 11.8. The van der Waals surface area contributed by atoms with Crippen LogP contribution in [0.5, 0.6) is 0 Å². The minimum Gasteiger partial charge on any atom is -0.350 e. The van der Waals surface area contributed by atoms with Gasteiger partial charge in [-0.05, 0) is 12.1 Å². The number of hydrogen-bond acceptors (Lipinski definition) is 5. The lowest BCUT2D eigenvalue weighted by Gasteiger charge is -2.10. The van der Waals surface area contributed by atoms with Gasteiger partial charge in [0, 0.05) is 19.2 Å². The smallest absolute Gasteiger partial charge is 0.251 e. The van der Waals surface area contributed by atoms with Gasteiger partial charge < -0.3 is 14.7 Å². The molecular weight excluding hydrogens is 276 g/mol. The lowest BCUT2D eigenvalue weighted by Crippen LogP contribution is -2.31. The van der Waals surface area contributed by atoms with Gasteiger partial charge in [-0.3, -0.25) is 4.79 Å². The van der Waals surface area contributed by atoms with E-state index in [0.29, 0.717) is 10.7 Å². The fourth-order valence-corrected chi connectivity index (χ4v) is 2.32. The summed E-state index contributed by atoms with van der Waals surface area (Å²) in [6.07, 6.45) is 2.36. The Morgan fingerprint density at radius 3 is 2.80 bits per heavy atom. The number of benzene rings is 1. The summed E-state index contributed by atoms with van der Waals surface area (Å²) in [5.41, 5.74) is 0.570. The molecule has 0 saturated carbocycles. The Morgan fingerprint density at radius 1 is 1.45 bits per heavy atom. The van der Waals surface area contributed by atoms with Gasteiger partial charge in [0.15, 0.2) is 5.16 Å². The molecule has 2 rings (SSSR count). The number of carbonyl (C=O) groups is 2. The molecule has 0 bridgehead atoms. The first-order chi connectivity index (χ1) is 9.70. The van der Waals surface area contributed by atoms with Crippen LogP contribution in [0.1, 0.15) is 10.4 Å². The Kier molecular flexibility index (Phi) is 4.89. The summed E-state index contributed by atoms with van der Waals surface area (Å²) in [5.74, 6) is -0.198. The summed E-state index contributed by atoms with van der Waals surface area (Å²) < 4.78 is 1.72. The molecule has 0 saturated heterocycles. The van der Waals surface area contributed by atoms with E-state index in [1.165, 1.54) is 11.8 Å². The van der Waals surface area contributed by atoms with Crippen LogP contribution in [0.2, 0.25) is 0 Å². The van der Waals surface area contributed by atoms with Gasteiger partial charge in [-0.15, -0.1) is 10.2 Å². The van der Waals surface area contributed by atoms with Crippen LogP contribution in [0.4, 0.5) is 0 Å². The van der Waals surface area contributed by atoms with E-state index in [1.54, 1.807) is 42.2 Å². The highest BCUT2D eigenvalue weighted by Crippen LogP contribution is 2.18. The number of aromatic nitrogens is 3. The van der Waals surface area contributed by atoms with Gasteiger partial charge in [-0.1, -0.05) is 30.0 Å². The average Bonchev–Trinajstić information content (AvgIpc) is 2.89. The standard InChI is InChI=1S/C13H14N4O2S/c1-17-9-15-16-13(17)20-11(8-18)7-14-12(19)10-5-3-2-4-6-10/h2-6,8-9,11H,7H2,1H3,(H,14,19). The summed E-state index contributed by atoms with van der Waals surface area (Å²) in [5, 5.41) is 10.6. The largest absolute Gasteiger partial charge is 0.350 e. The van der Waals surface area contributed by atoms with Crippen LogP contribution in [0.25, 0.3) is 0 Å². The van der Waals surface area contributed by atoms with Gasteiger partial charge in [-0.2, -0.15) is 0 Å². The molecule has 0 aliphatic heterocycles. The second kappa shape index (κ2) is 6.85. The van der Waals surface area contributed by atoms with Crippen LogP contribution in [-0.2, 0) is 11.8 Å². The summed E-state index contributed by atoms with van der Waals surface area (Å²) in [6.45, 7) is 0.245. The molecule has 6 nitrogen and oxygen atoms in total. The highest BCUT2D eigenvalue weighted by atomic mass is 32.2. The monoisotopic (exact) mass is 290 g/mol. The lowest BCUT2D eigenvalue weighted by atomic mass is 10.2. The Hall–Kier alpha value is -2.15. The first-order valence-corrected chi connectivity index (χ1v) is 6.88. The number of nitrogens with one attached hydrogen (secondary N) is 1. The zero-order valence-electron chi connectivity index (χ0n) is 10.9. The third-order valence-corrected chi connectivity index (χ3v) is 3.74. The Morgan fingerprint density at radius 2 is 2.20 bits per heavy atom. The SMILES string of the molecule is Cn1cnnc1SC(C=O)CNC(=O)c1ccccc1. The van der Waals surface area contributed by atoms with Crippen molar-refractivity contribution in [2.24, 2.45) is 7.05 Å². The van der Waals surface area contributed by atoms with E-state index >= 15 is 0 Å². The van der Waals surface area contributed by atoms with E-state index in [1.807, 2.05) is 6.07 Å². The third-order valence-electron chi connectivity index (χ3n) is 2.58. The topological polar surface area (TPSA) is 76.9 Å². The quantitative estimate of drug-likeness (QED) is 0.632. The molecule has 0 aliphatic carbocycles. The number of carbonyl (C=O) groups excluding carboxylic acids is 2. The summed E-state index contributed by atoms with van der Waals surface area (Å²) in [6, 6.07) is 8.87. The minimum atomic E-state index is -0.398. The number of amides is 1. The van der Waals surface area contributed by atoms with E-state index < -0.39 is 5.25 Å². The maximum atomic E-state index is 11.9. The molecule has 0 aliphatic rings. The van der Waals surface area contributed by atoms with Crippen LogP contribution in [0.3, 0.4) is 0 Å². The van der Waals surface area contributed by atoms with Crippen molar-refractivity contribution in [3.63, 3.8) is 0 Å². The van der Waals surface area contributed by atoms with E-state index in [9.17, 15) is 9.59 Å². The van der Waals surface area contributed by atoms with Crippen molar-refractivity contribution in [1.29, 1.82) is 0 Å². The summed E-state index contributed by atoms with van der Waals surface area (Å²) >= 11 is 1.27. The zero-order chi connectivity index (χ0) is 14.4. The molecular formula is C13H14N4O2S. The first-order valence-electron chi connectivity index (χ1n) is 6.00. The van der Waals surface area contributed by atoms with E-state index in [0.717, 1.165) is 6.29 Å². The van der Waals surface area contributed by atoms with Crippen LogP contribution < -0.4 is 5.32 Å². The van der Waals surface area contributed by atoms with Crippen molar-refractivity contribution < 1.29 is 9.59 Å². The second-order valence-corrected chi connectivity index (χ2v) is 5.30. The van der Waals surface area contributed by atoms with Crippen LogP contribution >= 0.6 is 11.8 Å². The molecule has 104 valence electrons. The summed E-state index contributed by atoms with van der Waals surface area (Å²) in [4.78, 5) is 22.9. The maximum absolute atomic E-state index is 11.9. The predicted octanol–water partition coefficient (Wildman–Crippen LogP) is 0.905. The maximum Gasteiger partial charge on any atom is 0.251 e. The number of aldehydes is 1. The van der Waals surface area contributed by atoms with Crippen molar-refractivity contribution >= 4 is 24.0 Å². The molecule has 0 spiro atoms. The van der Waals surface area contributed by atoms with Crippen molar-refractivity contribution in [1.82, 2.24) is 20.1 Å². The van der Waals surface area contributed by atoms with Crippen LogP contribution in [0.15, 0.2) is 41.8 Å². The number of thioether (sulfide) groups is 1. The molecule has 0 radical (unpaired) electrons. The van der Waals surface area contributed by atoms with Crippen molar-refractivity contribution in [2.45, 2.75) is 10.4 Å². The van der Waals surface area contributed by atoms with Gasteiger partial charge in [0.2, 0.25) is 0 Å². The van der Waals surface area contributed by atoms with Gasteiger partial charge >= 0.3 is 0 Å².